The summed E-state index contributed by atoms with van der Waals surface area (Å²) in [6.45, 7) is 1.94. The molecule has 0 radical (unpaired) electrons. The van der Waals surface area contributed by atoms with Crippen molar-refractivity contribution >= 4 is 11.5 Å². The normalized spacial score (nSPS) is 11.2. The Labute approximate surface area is 147 Å². The number of halogens is 3. The van der Waals surface area contributed by atoms with Crippen molar-refractivity contribution in [2.45, 2.75) is 13.3 Å². The second kappa shape index (κ2) is 6.91. The zero-order valence-electron chi connectivity index (χ0n) is 13.6. The summed E-state index contributed by atoms with van der Waals surface area (Å²) in [5.74, 6) is -0.520. The van der Waals surface area contributed by atoms with Gasteiger partial charge in [0.2, 0.25) is 0 Å². The Morgan fingerprint density at radius 2 is 1.77 bits per heavy atom. The highest BCUT2D eigenvalue weighted by atomic mass is 19.4. The molecule has 0 aliphatic heterocycles. The molecule has 8 heteroatoms. The van der Waals surface area contributed by atoms with Gasteiger partial charge in [0.05, 0.1) is 0 Å². The molecule has 0 unspecified atom stereocenters. The van der Waals surface area contributed by atoms with Gasteiger partial charge in [-0.1, -0.05) is 35.9 Å². The number of nitrogens with zero attached hydrogens (tertiary/aromatic N) is 2. The molecule has 26 heavy (non-hydrogen) atoms. The van der Waals surface area contributed by atoms with Gasteiger partial charge in [-0.2, -0.15) is 0 Å². The van der Waals surface area contributed by atoms with Crippen LogP contribution >= 0.6 is 0 Å². The Bertz CT molecular complexity index is 912. The Morgan fingerprint density at radius 1 is 1.04 bits per heavy atom. The number of aromatic nitrogens is 2. The molecule has 0 fully saturated rings. The molecule has 1 heterocycles. The van der Waals surface area contributed by atoms with Gasteiger partial charge in [0.25, 0.3) is 0 Å². The smallest absolute Gasteiger partial charge is 0.503 e. The van der Waals surface area contributed by atoms with Crippen LogP contribution in [0.4, 0.5) is 24.7 Å². The van der Waals surface area contributed by atoms with Crippen LogP contribution in [0.5, 0.6) is 11.5 Å². The molecular weight excluding hydrogens is 347 g/mol. The molecule has 2 N–H and O–H groups in total. The molecule has 0 spiro atoms. The molecule has 0 aliphatic rings. The predicted octanol–water partition coefficient (Wildman–Crippen LogP) is 4.80. The van der Waals surface area contributed by atoms with E-state index in [1.54, 1.807) is 12.1 Å². The molecule has 2 aromatic carbocycles. The average molecular weight is 361 g/mol. The largest absolute Gasteiger partial charge is 0.573 e. The van der Waals surface area contributed by atoms with E-state index in [4.69, 9.17) is 0 Å². The van der Waals surface area contributed by atoms with E-state index < -0.39 is 6.36 Å². The summed E-state index contributed by atoms with van der Waals surface area (Å²) in [5, 5.41) is 13.2. The Hall–Kier alpha value is -3.29. The molecule has 0 bridgehead atoms. The van der Waals surface area contributed by atoms with E-state index in [2.05, 4.69) is 20.0 Å². The fourth-order valence-electron chi connectivity index (χ4n) is 2.30. The Kier molecular flexibility index (Phi) is 4.66. The van der Waals surface area contributed by atoms with E-state index in [-0.39, 0.29) is 23.0 Å². The van der Waals surface area contributed by atoms with E-state index in [0.29, 0.717) is 11.3 Å². The summed E-state index contributed by atoms with van der Waals surface area (Å²) in [7, 11) is 0. The van der Waals surface area contributed by atoms with Crippen LogP contribution in [0.25, 0.3) is 11.3 Å². The van der Waals surface area contributed by atoms with Crippen molar-refractivity contribution in [2.75, 3.05) is 5.32 Å². The van der Waals surface area contributed by atoms with Crippen LogP contribution in [-0.2, 0) is 0 Å². The van der Waals surface area contributed by atoms with Crippen molar-refractivity contribution in [3.05, 3.63) is 60.4 Å². The Balaban J connectivity index is 1.88. The molecule has 0 saturated carbocycles. The summed E-state index contributed by atoms with van der Waals surface area (Å²) >= 11 is 0. The lowest BCUT2D eigenvalue weighted by molar-refractivity contribution is -0.274. The minimum atomic E-state index is -4.78. The number of nitrogens with one attached hydrogen (secondary N) is 1. The fraction of sp³-hybridized carbons (Fsp3) is 0.111. The molecule has 134 valence electrons. The first-order chi connectivity index (χ1) is 12.3. The molecule has 0 aliphatic carbocycles. The van der Waals surface area contributed by atoms with Crippen LogP contribution in [0.1, 0.15) is 5.56 Å². The number of aromatic hydroxyl groups is 1. The molecule has 5 nitrogen and oxygen atoms in total. The van der Waals surface area contributed by atoms with Crippen LogP contribution in [0.2, 0.25) is 0 Å². The van der Waals surface area contributed by atoms with Gasteiger partial charge in [0.1, 0.15) is 17.8 Å². The summed E-state index contributed by atoms with van der Waals surface area (Å²) in [4.78, 5) is 8.02. The number of ether oxygens (including phenoxy) is 1. The van der Waals surface area contributed by atoms with Crippen molar-refractivity contribution in [1.82, 2.24) is 9.97 Å². The summed E-state index contributed by atoms with van der Waals surface area (Å²) in [6.07, 6.45) is -3.53. The zero-order valence-corrected chi connectivity index (χ0v) is 13.6. The first kappa shape index (κ1) is 17.5. The highest BCUT2D eigenvalue weighted by molar-refractivity contribution is 5.74. The number of rotatable bonds is 4. The minimum Gasteiger partial charge on any atom is -0.503 e. The van der Waals surface area contributed by atoms with Gasteiger partial charge in [-0.25, -0.2) is 9.97 Å². The topological polar surface area (TPSA) is 67.3 Å². The van der Waals surface area contributed by atoms with Crippen LogP contribution in [0.15, 0.2) is 54.9 Å². The van der Waals surface area contributed by atoms with E-state index in [1.807, 2.05) is 19.1 Å². The van der Waals surface area contributed by atoms with Gasteiger partial charge in [-0.3, -0.25) is 0 Å². The third-order valence-electron chi connectivity index (χ3n) is 3.48. The zero-order chi connectivity index (χ0) is 18.7. The second-order valence-corrected chi connectivity index (χ2v) is 5.49. The van der Waals surface area contributed by atoms with Crippen LogP contribution in [0, 0.1) is 6.92 Å². The van der Waals surface area contributed by atoms with E-state index in [9.17, 15) is 18.3 Å². The van der Waals surface area contributed by atoms with Crippen molar-refractivity contribution in [1.29, 1.82) is 0 Å². The van der Waals surface area contributed by atoms with Gasteiger partial charge in [-0.15, -0.1) is 13.2 Å². The van der Waals surface area contributed by atoms with E-state index in [0.717, 1.165) is 11.6 Å². The second-order valence-electron chi connectivity index (χ2n) is 5.49. The van der Waals surface area contributed by atoms with Crippen molar-refractivity contribution in [3.63, 3.8) is 0 Å². The van der Waals surface area contributed by atoms with Gasteiger partial charge in [0.15, 0.2) is 11.6 Å². The monoisotopic (exact) mass is 361 g/mol. The number of hydrogen-bond donors (Lipinski definition) is 2. The van der Waals surface area contributed by atoms with Crippen LogP contribution < -0.4 is 10.1 Å². The maximum Gasteiger partial charge on any atom is 0.573 e. The van der Waals surface area contributed by atoms with E-state index in [1.165, 1.54) is 24.5 Å². The molecule has 0 atom stereocenters. The first-order valence-electron chi connectivity index (χ1n) is 7.56. The van der Waals surface area contributed by atoms with Gasteiger partial charge in [0, 0.05) is 17.3 Å². The molecule has 0 amide bonds. The minimum absolute atomic E-state index is 0.0692. The summed E-state index contributed by atoms with van der Waals surface area (Å²) in [6, 6.07) is 12.6. The molecule has 3 aromatic rings. The van der Waals surface area contributed by atoms with Crippen molar-refractivity contribution in [2.24, 2.45) is 0 Å². The lowest BCUT2D eigenvalue weighted by Gasteiger charge is -2.12. The number of anilines is 2. The number of hydrogen-bond acceptors (Lipinski definition) is 5. The molecule has 3 rings (SSSR count). The standard InChI is InChI=1S/C18H14F3N3O2/c1-11-5-7-12(8-6-11)15-16(25)17(23-10-22-15)24-13-3-2-4-14(9-13)26-18(19,20)21/h2-10,25H,1H3,(H,22,23,24). The lowest BCUT2D eigenvalue weighted by atomic mass is 10.1. The third kappa shape index (κ3) is 4.21. The van der Waals surface area contributed by atoms with Crippen molar-refractivity contribution < 1.29 is 23.0 Å². The molecule has 0 saturated heterocycles. The van der Waals surface area contributed by atoms with Gasteiger partial charge in [-0.05, 0) is 19.1 Å². The van der Waals surface area contributed by atoms with Gasteiger partial charge < -0.3 is 15.2 Å². The van der Waals surface area contributed by atoms with E-state index >= 15 is 0 Å². The summed E-state index contributed by atoms with van der Waals surface area (Å²) in [5.41, 5.74) is 2.33. The third-order valence-corrected chi connectivity index (χ3v) is 3.48. The molecule has 1 aromatic heterocycles. The lowest BCUT2D eigenvalue weighted by Crippen LogP contribution is -2.17. The van der Waals surface area contributed by atoms with Crippen LogP contribution in [0.3, 0.4) is 0 Å². The first-order valence-corrected chi connectivity index (χ1v) is 7.56. The molecular formula is C18H14F3N3O2. The van der Waals surface area contributed by atoms with Crippen molar-refractivity contribution in [3.8, 4) is 22.8 Å². The Morgan fingerprint density at radius 3 is 2.46 bits per heavy atom. The number of alkyl halides is 3. The highest BCUT2D eigenvalue weighted by Gasteiger charge is 2.31. The summed E-state index contributed by atoms with van der Waals surface area (Å²) < 4.78 is 40.9. The van der Waals surface area contributed by atoms with Gasteiger partial charge >= 0.3 is 6.36 Å². The SMILES string of the molecule is Cc1ccc(-c2ncnc(Nc3cccc(OC(F)(F)F)c3)c2O)cc1. The maximum absolute atomic E-state index is 12.3. The number of aryl methyl sites for hydroxylation is 1. The maximum atomic E-state index is 12.3. The number of benzene rings is 2. The quantitative estimate of drug-likeness (QED) is 0.699. The fourth-order valence-corrected chi connectivity index (χ4v) is 2.30. The predicted molar refractivity (Wildman–Crippen MR) is 90.3 cm³/mol. The highest BCUT2D eigenvalue weighted by Crippen LogP contribution is 2.34. The van der Waals surface area contributed by atoms with Crippen LogP contribution in [-0.4, -0.2) is 21.4 Å². The average Bonchev–Trinajstić information content (AvgIpc) is 2.57.